The van der Waals surface area contributed by atoms with Crippen LogP contribution in [0.15, 0.2) is 66.7 Å². The summed E-state index contributed by atoms with van der Waals surface area (Å²) in [6.07, 6.45) is 7.10. The topological polar surface area (TPSA) is 40.6 Å². The monoisotopic (exact) mass is 388 g/mol. The summed E-state index contributed by atoms with van der Waals surface area (Å²) in [5.74, 6) is 0.327. The van der Waals surface area contributed by atoms with Crippen molar-refractivity contribution in [1.29, 1.82) is 0 Å². The molecule has 4 rings (SSSR count). The van der Waals surface area contributed by atoms with E-state index in [9.17, 15) is 9.59 Å². The lowest BCUT2D eigenvalue weighted by Gasteiger charge is -2.34. The Morgan fingerprint density at radius 2 is 1.48 bits per heavy atom. The van der Waals surface area contributed by atoms with Crippen LogP contribution in [-0.4, -0.2) is 41.2 Å². The van der Waals surface area contributed by atoms with E-state index >= 15 is 0 Å². The maximum absolute atomic E-state index is 13.2. The van der Waals surface area contributed by atoms with Gasteiger partial charge in [0.05, 0.1) is 6.04 Å². The molecule has 1 atom stereocenters. The van der Waals surface area contributed by atoms with E-state index < -0.39 is 0 Å². The van der Waals surface area contributed by atoms with E-state index in [0.29, 0.717) is 13.1 Å². The lowest BCUT2D eigenvalue weighted by atomic mass is 9.94. The highest BCUT2D eigenvalue weighted by Crippen LogP contribution is 2.34. The predicted octanol–water partition coefficient (Wildman–Crippen LogP) is 4.30. The second kappa shape index (κ2) is 9.08. The Labute approximate surface area is 172 Å². The van der Waals surface area contributed by atoms with Crippen LogP contribution in [0, 0.1) is 5.92 Å². The summed E-state index contributed by atoms with van der Waals surface area (Å²) < 4.78 is 0. The molecule has 2 aromatic carbocycles. The fourth-order valence-corrected chi connectivity index (χ4v) is 4.47. The molecule has 4 nitrogen and oxygen atoms in total. The molecule has 2 amide bonds. The lowest BCUT2D eigenvalue weighted by Crippen LogP contribution is -2.43. The van der Waals surface area contributed by atoms with Gasteiger partial charge in [0.2, 0.25) is 11.8 Å². The first-order valence-corrected chi connectivity index (χ1v) is 10.6. The highest BCUT2D eigenvalue weighted by atomic mass is 16.2. The van der Waals surface area contributed by atoms with E-state index in [4.69, 9.17) is 0 Å². The third-order valence-electron chi connectivity index (χ3n) is 6.09. The zero-order chi connectivity index (χ0) is 20.1. The van der Waals surface area contributed by atoms with Gasteiger partial charge >= 0.3 is 0 Å². The molecule has 2 aliphatic rings. The summed E-state index contributed by atoms with van der Waals surface area (Å²) in [4.78, 5) is 29.6. The van der Waals surface area contributed by atoms with Crippen LogP contribution in [0.4, 0.5) is 0 Å². The molecular formula is C25H28N2O2. The summed E-state index contributed by atoms with van der Waals surface area (Å²) in [6, 6.07) is 20.4. The first kappa shape index (κ1) is 19.4. The van der Waals surface area contributed by atoms with E-state index in [1.165, 1.54) is 5.56 Å². The molecule has 150 valence electrons. The Bertz CT molecular complexity index is 855. The van der Waals surface area contributed by atoms with Crippen LogP contribution >= 0.6 is 0 Å². The van der Waals surface area contributed by atoms with Crippen LogP contribution < -0.4 is 0 Å². The SMILES string of the molecule is O=C(/C=C/c1ccccc1)N1CCC(C(=O)N2CCC[C@H]2c2ccccc2)CC1. The summed E-state index contributed by atoms with van der Waals surface area (Å²) in [5, 5.41) is 0. The second-order valence-electron chi connectivity index (χ2n) is 7.94. The van der Waals surface area contributed by atoms with E-state index in [2.05, 4.69) is 17.0 Å². The molecule has 0 aromatic heterocycles. The summed E-state index contributed by atoms with van der Waals surface area (Å²) in [7, 11) is 0. The summed E-state index contributed by atoms with van der Waals surface area (Å²) >= 11 is 0. The number of carbonyl (C=O) groups excluding carboxylic acids is 2. The molecule has 0 aliphatic carbocycles. The molecule has 2 heterocycles. The fourth-order valence-electron chi connectivity index (χ4n) is 4.47. The van der Waals surface area contributed by atoms with Crippen LogP contribution in [0.3, 0.4) is 0 Å². The molecule has 0 N–H and O–H groups in total. The number of rotatable bonds is 4. The molecule has 0 radical (unpaired) electrons. The smallest absolute Gasteiger partial charge is 0.246 e. The molecule has 29 heavy (non-hydrogen) atoms. The van der Waals surface area contributed by atoms with Crippen LogP contribution in [0.1, 0.15) is 42.9 Å². The molecule has 2 saturated heterocycles. The van der Waals surface area contributed by atoms with Crippen molar-refractivity contribution in [2.45, 2.75) is 31.7 Å². The van der Waals surface area contributed by atoms with Crippen molar-refractivity contribution >= 4 is 17.9 Å². The van der Waals surface area contributed by atoms with E-state index in [1.807, 2.05) is 59.5 Å². The molecule has 2 fully saturated rings. The van der Waals surface area contributed by atoms with Gasteiger partial charge in [0, 0.05) is 31.6 Å². The van der Waals surface area contributed by atoms with Crippen molar-refractivity contribution in [2.75, 3.05) is 19.6 Å². The van der Waals surface area contributed by atoms with Crippen molar-refractivity contribution < 1.29 is 9.59 Å². The van der Waals surface area contributed by atoms with E-state index in [1.54, 1.807) is 6.08 Å². The van der Waals surface area contributed by atoms with Crippen molar-refractivity contribution in [3.05, 3.63) is 77.9 Å². The second-order valence-corrected chi connectivity index (χ2v) is 7.94. The van der Waals surface area contributed by atoms with Gasteiger partial charge in [0.25, 0.3) is 0 Å². The van der Waals surface area contributed by atoms with Gasteiger partial charge in [-0.1, -0.05) is 60.7 Å². The fraction of sp³-hybridized carbons (Fsp3) is 0.360. The predicted molar refractivity (Wildman–Crippen MR) is 115 cm³/mol. The molecule has 0 saturated carbocycles. The highest BCUT2D eigenvalue weighted by Gasteiger charge is 2.35. The van der Waals surface area contributed by atoms with Gasteiger partial charge < -0.3 is 9.80 Å². The van der Waals surface area contributed by atoms with Gasteiger partial charge in [-0.15, -0.1) is 0 Å². The molecule has 0 unspecified atom stereocenters. The molecule has 0 spiro atoms. The van der Waals surface area contributed by atoms with Crippen molar-refractivity contribution in [3.63, 3.8) is 0 Å². The van der Waals surface area contributed by atoms with E-state index in [0.717, 1.165) is 37.8 Å². The zero-order valence-corrected chi connectivity index (χ0v) is 16.7. The van der Waals surface area contributed by atoms with Gasteiger partial charge in [-0.3, -0.25) is 9.59 Å². The van der Waals surface area contributed by atoms with Gasteiger partial charge in [0.1, 0.15) is 0 Å². The van der Waals surface area contributed by atoms with Gasteiger partial charge in [-0.05, 0) is 42.9 Å². The zero-order valence-electron chi connectivity index (χ0n) is 16.7. The Morgan fingerprint density at radius 3 is 2.17 bits per heavy atom. The number of carbonyl (C=O) groups is 2. The van der Waals surface area contributed by atoms with Crippen LogP contribution in [-0.2, 0) is 9.59 Å². The summed E-state index contributed by atoms with van der Waals surface area (Å²) in [6.45, 7) is 2.15. The van der Waals surface area contributed by atoms with Crippen LogP contribution in [0.25, 0.3) is 6.08 Å². The number of piperidine rings is 1. The molecule has 2 aliphatic heterocycles. The highest BCUT2D eigenvalue weighted by molar-refractivity contribution is 5.92. The Hall–Kier alpha value is -2.88. The maximum atomic E-state index is 13.2. The molecule has 2 aromatic rings. The Morgan fingerprint density at radius 1 is 0.828 bits per heavy atom. The lowest BCUT2D eigenvalue weighted by molar-refractivity contribution is -0.140. The van der Waals surface area contributed by atoms with Gasteiger partial charge in [0.15, 0.2) is 0 Å². The number of benzene rings is 2. The third kappa shape index (κ3) is 4.58. The molecule has 4 heteroatoms. The Kier molecular flexibility index (Phi) is 6.09. The first-order valence-electron chi connectivity index (χ1n) is 10.6. The number of nitrogens with zero attached hydrogens (tertiary/aromatic N) is 2. The minimum Gasteiger partial charge on any atom is -0.339 e. The molecular weight excluding hydrogens is 360 g/mol. The summed E-state index contributed by atoms with van der Waals surface area (Å²) in [5.41, 5.74) is 2.25. The number of likely N-dealkylation sites (tertiary alicyclic amines) is 2. The number of amides is 2. The van der Waals surface area contributed by atoms with Crippen molar-refractivity contribution in [2.24, 2.45) is 5.92 Å². The number of hydrogen-bond donors (Lipinski definition) is 0. The van der Waals surface area contributed by atoms with E-state index in [-0.39, 0.29) is 23.8 Å². The normalized spacial score (nSPS) is 20.3. The Balaban J connectivity index is 1.32. The average molecular weight is 389 g/mol. The number of hydrogen-bond acceptors (Lipinski definition) is 2. The van der Waals surface area contributed by atoms with Crippen LogP contribution in [0.5, 0.6) is 0 Å². The standard InChI is InChI=1S/C25H28N2O2/c28-24(14-13-20-8-3-1-4-9-20)26-18-15-22(16-19-26)25(29)27-17-7-12-23(27)21-10-5-2-6-11-21/h1-6,8-11,13-14,22-23H,7,12,15-19H2/b14-13+/t23-/m0/s1. The quantitative estimate of drug-likeness (QED) is 0.733. The largest absolute Gasteiger partial charge is 0.339 e. The first-order chi connectivity index (χ1) is 14.2. The maximum Gasteiger partial charge on any atom is 0.246 e. The van der Waals surface area contributed by atoms with Crippen LogP contribution in [0.2, 0.25) is 0 Å². The van der Waals surface area contributed by atoms with Crippen molar-refractivity contribution in [1.82, 2.24) is 9.80 Å². The minimum absolute atomic E-state index is 0.0291. The average Bonchev–Trinajstić information content (AvgIpc) is 3.28. The molecule has 0 bridgehead atoms. The van der Waals surface area contributed by atoms with Crippen molar-refractivity contribution in [3.8, 4) is 0 Å². The van der Waals surface area contributed by atoms with Gasteiger partial charge in [-0.25, -0.2) is 0 Å². The minimum atomic E-state index is 0.0291. The van der Waals surface area contributed by atoms with Gasteiger partial charge in [-0.2, -0.15) is 0 Å². The third-order valence-corrected chi connectivity index (χ3v) is 6.09.